The molecule has 0 unspecified atom stereocenters. The van der Waals surface area contributed by atoms with Gasteiger partial charge < -0.3 is 20.1 Å². The Balaban J connectivity index is 1.57. The Kier molecular flexibility index (Phi) is 5.44. The van der Waals surface area contributed by atoms with E-state index in [0.29, 0.717) is 23.9 Å². The average molecular weight is 406 g/mol. The number of aromatic nitrogens is 2. The molecule has 0 atom stereocenters. The van der Waals surface area contributed by atoms with E-state index in [9.17, 15) is 9.90 Å². The standard InChI is InChI=1S/C23H26N4O3/c1-14(2)30-23(29)24-11-16-12-27(13-16)22-17-9-8-15(3)10-19(17)25-21(26-22)18-6-4-5-7-20(18)28/h4-10,14,16,28H,11-13H2,1-3H3,(H,24,29). The number of nitrogens with zero attached hydrogens (tertiary/aromatic N) is 3. The highest BCUT2D eigenvalue weighted by molar-refractivity contribution is 5.92. The van der Waals surface area contributed by atoms with Crippen LogP contribution in [-0.2, 0) is 4.74 Å². The average Bonchev–Trinajstić information content (AvgIpc) is 2.66. The lowest BCUT2D eigenvalue weighted by Crippen LogP contribution is -2.52. The number of fused-ring (bicyclic) bond motifs is 1. The summed E-state index contributed by atoms with van der Waals surface area (Å²) in [6.45, 7) is 7.81. The summed E-state index contributed by atoms with van der Waals surface area (Å²) < 4.78 is 5.12. The highest BCUT2D eigenvalue weighted by Crippen LogP contribution is 2.34. The first-order chi connectivity index (χ1) is 14.4. The Morgan fingerprint density at radius 2 is 2.00 bits per heavy atom. The molecule has 2 N–H and O–H groups in total. The molecule has 0 spiro atoms. The van der Waals surface area contributed by atoms with Crippen molar-refractivity contribution in [2.24, 2.45) is 5.92 Å². The molecule has 7 heteroatoms. The molecule has 1 aromatic heterocycles. The molecule has 0 aliphatic carbocycles. The zero-order valence-electron chi connectivity index (χ0n) is 17.4. The fraction of sp³-hybridized carbons (Fsp3) is 0.348. The summed E-state index contributed by atoms with van der Waals surface area (Å²) >= 11 is 0. The third kappa shape index (κ3) is 4.15. The third-order valence-electron chi connectivity index (χ3n) is 5.11. The van der Waals surface area contributed by atoms with E-state index in [0.717, 1.165) is 35.4 Å². The van der Waals surface area contributed by atoms with Crippen molar-refractivity contribution in [3.05, 3.63) is 48.0 Å². The van der Waals surface area contributed by atoms with Gasteiger partial charge in [0.1, 0.15) is 11.6 Å². The van der Waals surface area contributed by atoms with Crippen molar-refractivity contribution in [2.75, 3.05) is 24.5 Å². The molecule has 156 valence electrons. The van der Waals surface area contributed by atoms with E-state index in [1.54, 1.807) is 12.1 Å². The van der Waals surface area contributed by atoms with Crippen LogP contribution >= 0.6 is 0 Å². The van der Waals surface area contributed by atoms with Crippen molar-refractivity contribution in [3.63, 3.8) is 0 Å². The van der Waals surface area contributed by atoms with Crippen molar-refractivity contribution >= 4 is 22.8 Å². The van der Waals surface area contributed by atoms with Crippen LogP contribution < -0.4 is 10.2 Å². The highest BCUT2D eigenvalue weighted by Gasteiger charge is 2.30. The fourth-order valence-electron chi connectivity index (χ4n) is 3.60. The van der Waals surface area contributed by atoms with Crippen LogP contribution in [0.5, 0.6) is 5.75 Å². The minimum Gasteiger partial charge on any atom is -0.507 e. The predicted octanol–water partition coefficient (Wildman–Crippen LogP) is 3.88. The number of rotatable bonds is 5. The molecular weight excluding hydrogens is 380 g/mol. The van der Waals surface area contributed by atoms with Crippen molar-refractivity contribution in [1.82, 2.24) is 15.3 Å². The normalized spacial score (nSPS) is 14.1. The fourth-order valence-corrected chi connectivity index (χ4v) is 3.60. The maximum Gasteiger partial charge on any atom is 0.407 e. The topological polar surface area (TPSA) is 87.6 Å². The van der Waals surface area contributed by atoms with Crippen molar-refractivity contribution < 1.29 is 14.6 Å². The van der Waals surface area contributed by atoms with Crippen LogP contribution in [0.25, 0.3) is 22.3 Å². The number of benzene rings is 2. The zero-order chi connectivity index (χ0) is 21.3. The largest absolute Gasteiger partial charge is 0.507 e. The maximum atomic E-state index is 11.7. The molecule has 1 aliphatic rings. The lowest BCUT2D eigenvalue weighted by atomic mass is 9.99. The molecule has 4 rings (SSSR count). The molecule has 30 heavy (non-hydrogen) atoms. The van der Waals surface area contributed by atoms with Crippen molar-refractivity contribution in [1.29, 1.82) is 0 Å². The van der Waals surface area contributed by atoms with Gasteiger partial charge in [-0.1, -0.05) is 18.2 Å². The van der Waals surface area contributed by atoms with Gasteiger partial charge in [0.25, 0.3) is 0 Å². The Morgan fingerprint density at radius 3 is 2.73 bits per heavy atom. The smallest absolute Gasteiger partial charge is 0.407 e. The van der Waals surface area contributed by atoms with Crippen LogP contribution in [0.1, 0.15) is 19.4 Å². The van der Waals surface area contributed by atoms with Gasteiger partial charge in [0.2, 0.25) is 0 Å². The molecule has 0 bridgehead atoms. The Hall–Kier alpha value is -3.35. The second-order valence-corrected chi connectivity index (χ2v) is 8.01. The van der Waals surface area contributed by atoms with Gasteiger partial charge in [-0.2, -0.15) is 0 Å². The SMILES string of the molecule is Cc1ccc2c(N3CC(CNC(=O)OC(C)C)C3)nc(-c3ccccc3O)nc2c1. The first-order valence-electron chi connectivity index (χ1n) is 10.2. The molecule has 7 nitrogen and oxygen atoms in total. The van der Waals surface area contributed by atoms with Gasteiger partial charge in [0.05, 0.1) is 17.2 Å². The number of alkyl carbamates (subject to hydrolysis) is 1. The van der Waals surface area contributed by atoms with Gasteiger partial charge in [-0.15, -0.1) is 0 Å². The minimum atomic E-state index is -0.381. The predicted molar refractivity (Wildman–Crippen MR) is 117 cm³/mol. The Labute approximate surface area is 175 Å². The number of ether oxygens (including phenoxy) is 1. The van der Waals surface area contributed by atoms with E-state index in [-0.39, 0.29) is 17.9 Å². The van der Waals surface area contributed by atoms with Crippen molar-refractivity contribution in [2.45, 2.75) is 26.9 Å². The van der Waals surface area contributed by atoms with Crippen LogP contribution in [0.3, 0.4) is 0 Å². The van der Waals surface area contributed by atoms with E-state index in [1.165, 1.54) is 0 Å². The van der Waals surface area contributed by atoms with Crippen LogP contribution in [0.15, 0.2) is 42.5 Å². The zero-order valence-corrected chi connectivity index (χ0v) is 17.4. The number of phenolic OH excluding ortho intramolecular Hbond substituents is 1. The van der Waals surface area contributed by atoms with Crippen LogP contribution in [0.2, 0.25) is 0 Å². The van der Waals surface area contributed by atoms with E-state index < -0.39 is 0 Å². The second-order valence-electron chi connectivity index (χ2n) is 8.01. The second kappa shape index (κ2) is 8.18. The molecule has 0 radical (unpaired) electrons. The number of carbonyl (C=O) groups excluding carboxylic acids is 1. The number of amides is 1. The first-order valence-corrected chi connectivity index (χ1v) is 10.2. The van der Waals surface area contributed by atoms with Crippen LogP contribution in [0.4, 0.5) is 10.6 Å². The van der Waals surface area contributed by atoms with Crippen LogP contribution in [0, 0.1) is 12.8 Å². The number of hydrogen-bond donors (Lipinski definition) is 2. The quantitative estimate of drug-likeness (QED) is 0.669. The number of aromatic hydroxyl groups is 1. The Bertz CT molecular complexity index is 1080. The molecule has 1 amide bonds. The molecule has 2 aromatic carbocycles. The first kappa shape index (κ1) is 19.9. The molecule has 1 fully saturated rings. The van der Waals surface area contributed by atoms with Gasteiger partial charge in [-0.05, 0) is 50.6 Å². The number of para-hydroxylation sites is 1. The number of nitrogens with one attached hydrogen (secondary N) is 1. The maximum absolute atomic E-state index is 11.7. The lowest BCUT2D eigenvalue weighted by molar-refractivity contribution is 0.113. The highest BCUT2D eigenvalue weighted by atomic mass is 16.6. The van der Waals surface area contributed by atoms with E-state index in [2.05, 4.69) is 16.3 Å². The summed E-state index contributed by atoms with van der Waals surface area (Å²) in [5.74, 6) is 1.83. The molecule has 0 saturated carbocycles. The van der Waals surface area contributed by atoms with E-state index in [4.69, 9.17) is 14.7 Å². The van der Waals surface area contributed by atoms with Gasteiger partial charge >= 0.3 is 6.09 Å². The van der Waals surface area contributed by atoms with Gasteiger partial charge in [0.15, 0.2) is 5.82 Å². The van der Waals surface area contributed by atoms with Crippen molar-refractivity contribution in [3.8, 4) is 17.1 Å². The van der Waals surface area contributed by atoms with Crippen LogP contribution in [-0.4, -0.2) is 46.9 Å². The summed E-state index contributed by atoms with van der Waals surface area (Å²) in [4.78, 5) is 23.4. The van der Waals surface area contributed by atoms with Gasteiger partial charge in [0, 0.05) is 30.9 Å². The summed E-state index contributed by atoms with van der Waals surface area (Å²) in [6.07, 6.45) is -0.514. The number of hydrogen-bond acceptors (Lipinski definition) is 6. The number of carbonyl (C=O) groups is 1. The number of anilines is 1. The minimum absolute atomic E-state index is 0.133. The van der Waals surface area contributed by atoms with E-state index in [1.807, 2.05) is 45.0 Å². The Morgan fingerprint density at radius 1 is 1.23 bits per heavy atom. The third-order valence-corrected chi connectivity index (χ3v) is 5.11. The monoisotopic (exact) mass is 406 g/mol. The summed E-state index contributed by atoms with van der Waals surface area (Å²) in [5, 5.41) is 14.1. The molecule has 1 aliphatic heterocycles. The van der Waals surface area contributed by atoms with Gasteiger partial charge in [-0.25, -0.2) is 14.8 Å². The number of aryl methyl sites for hydroxylation is 1. The summed E-state index contributed by atoms with van der Waals surface area (Å²) in [6, 6.07) is 13.2. The summed E-state index contributed by atoms with van der Waals surface area (Å²) in [7, 11) is 0. The molecule has 3 aromatic rings. The number of phenols is 1. The lowest BCUT2D eigenvalue weighted by Gasteiger charge is -2.40. The summed E-state index contributed by atoms with van der Waals surface area (Å²) in [5.41, 5.74) is 2.57. The van der Waals surface area contributed by atoms with E-state index >= 15 is 0 Å². The molecule has 2 heterocycles. The van der Waals surface area contributed by atoms with Gasteiger partial charge in [-0.3, -0.25) is 0 Å². The molecule has 1 saturated heterocycles. The molecular formula is C23H26N4O3.